The molecule has 4 heteroatoms. The van der Waals surface area contributed by atoms with E-state index in [1.165, 1.54) is 5.56 Å². The van der Waals surface area contributed by atoms with Crippen molar-refractivity contribution in [1.82, 2.24) is 5.32 Å². The zero-order chi connectivity index (χ0) is 15.1. The molecule has 2 N–H and O–H groups in total. The Morgan fingerprint density at radius 1 is 1.10 bits per heavy atom. The predicted octanol–water partition coefficient (Wildman–Crippen LogP) is 2.24. The van der Waals surface area contributed by atoms with Gasteiger partial charge in [-0.05, 0) is 37.0 Å². The van der Waals surface area contributed by atoms with E-state index < -0.39 is 0 Å². The fourth-order valence-corrected chi connectivity index (χ4v) is 1.99. The summed E-state index contributed by atoms with van der Waals surface area (Å²) in [5.74, 6) is 1.77. The predicted molar refractivity (Wildman–Crippen MR) is 81.6 cm³/mol. The van der Waals surface area contributed by atoms with Crippen molar-refractivity contribution in [1.29, 1.82) is 0 Å². The molecular formula is C16H27NO3. The summed E-state index contributed by atoms with van der Waals surface area (Å²) in [6.45, 7) is 6.77. The second-order valence-corrected chi connectivity index (χ2v) is 5.51. The SMILES string of the molecule is COc1ccc(CC(C)NCC(O)C(C)C)cc1OC. The molecule has 0 radical (unpaired) electrons. The Labute approximate surface area is 122 Å². The van der Waals surface area contributed by atoms with E-state index in [1.54, 1.807) is 14.2 Å². The van der Waals surface area contributed by atoms with Crippen molar-refractivity contribution < 1.29 is 14.6 Å². The molecule has 0 amide bonds. The molecule has 0 bridgehead atoms. The van der Waals surface area contributed by atoms with Gasteiger partial charge in [0.25, 0.3) is 0 Å². The second kappa shape index (κ2) is 8.12. The first-order chi connectivity index (χ1) is 9.47. The third-order valence-electron chi connectivity index (χ3n) is 3.43. The van der Waals surface area contributed by atoms with Crippen molar-refractivity contribution in [2.75, 3.05) is 20.8 Å². The van der Waals surface area contributed by atoms with Crippen LogP contribution in [-0.2, 0) is 6.42 Å². The summed E-state index contributed by atoms with van der Waals surface area (Å²) in [4.78, 5) is 0. The highest BCUT2D eigenvalue weighted by Crippen LogP contribution is 2.27. The molecule has 0 fully saturated rings. The molecule has 2 unspecified atom stereocenters. The molecule has 0 spiro atoms. The Hall–Kier alpha value is -1.26. The van der Waals surface area contributed by atoms with E-state index in [4.69, 9.17) is 9.47 Å². The van der Waals surface area contributed by atoms with Crippen LogP contribution in [0.15, 0.2) is 18.2 Å². The molecule has 0 aliphatic rings. The number of aliphatic hydroxyl groups is 1. The number of hydrogen-bond donors (Lipinski definition) is 2. The molecule has 0 aromatic heterocycles. The van der Waals surface area contributed by atoms with E-state index in [-0.39, 0.29) is 12.0 Å². The van der Waals surface area contributed by atoms with E-state index >= 15 is 0 Å². The fraction of sp³-hybridized carbons (Fsp3) is 0.625. The first-order valence-electron chi connectivity index (χ1n) is 7.10. The lowest BCUT2D eigenvalue weighted by molar-refractivity contribution is 0.120. The summed E-state index contributed by atoms with van der Waals surface area (Å²) in [7, 11) is 3.28. The number of benzene rings is 1. The van der Waals surface area contributed by atoms with Gasteiger partial charge < -0.3 is 19.9 Å². The van der Waals surface area contributed by atoms with E-state index in [1.807, 2.05) is 32.0 Å². The molecule has 0 saturated heterocycles. The molecule has 2 atom stereocenters. The van der Waals surface area contributed by atoms with Crippen molar-refractivity contribution in [2.24, 2.45) is 5.92 Å². The van der Waals surface area contributed by atoms with Gasteiger partial charge in [-0.15, -0.1) is 0 Å². The number of methoxy groups -OCH3 is 2. The van der Waals surface area contributed by atoms with Gasteiger partial charge in [-0.2, -0.15) is 0 Å². The highest BCUT2D eigenvalue weighted by atomic mass is 16.5. The van der Waals surface area contributed by atoms with Crippen LogP contribution in [0.4, 0.5) is 0 Å². The molecule has 0 saturated carbocycles. The van der Waals surface area contributed by atoms with Gasteiger partial charge in [0.05, 0.1) is 20.3 Å². The first-order valence-corrected chi connectivity index (χ1v) is 7.10. The summed E-state index contributed by atoms with van der Waals surface area (Å²) in [6.07, 6.45) is 0.577. The van der Waals surface area contributed by atoms with Gasteiger partial charge >= 0.3 is 0 Å². The van der Waals surface area contributed by atoms with Crippen LogP contribution in [-0.4, -0.2) is 38.0 Å². The maximum absolute atomic E-state index is 9.79. The highest BCUT2D eigenvalue weighted by Gasteiger charge is 2.12. The Balaban J connectivity index is 2.55. The number of nitrogens with one attached hydrogen (secondary N) is 1. The fourth-order valence-electron chi connectivity index (χ4n) is 1.99. The lowest BCUT2D eigenvalue weighted by atomic mass is 10.0. The summed E-state index contributed by atoms with van der Waals surface area (Å²) in [6, 6.07) is 6.25. The summed E-state index contributed by atoms with van der Waals surface area (Å²) in [5.41, 5.74) is 1.18. The van der Waals surface area contributed by atoms with Crippen LogP contribution in [0.2, 0.25) is 0 Å². The Morgan fingerprint density at radius 3 is 2.30 bits per heavy atom. The maximum Gasteiger partial charge on any atom is 0.160 e. The molecule has 4 nitrogen and oxygen atoms in total. The zero-order valence-electron chi connectivity index (χ0n) is 13.1. The van der Waals surface area contributed by atoms with Gasteiger partial charge in [-0.3, -0.25) is 0 Å². The molecule has 0 heterocycles. The van der Waals surface area contributed by atoms with Gasteiger partial charge in [-0.25, -0.2) is 0 Å². The molecule has 0 aliphatic carbocycles. The van der Waals surface area contributed by atoms with Gasteiger partial charge in [0, 0.05) is 12.6 Å². The number of rotatable bonds is 8. The number of aliphatic hydroxyl groups excluding tert-OH is 1. The average molecular weight is 281 g/mol. The van der Waals surface area contributed by atoms with Crippen molar-refractivity contribution in [2.45, 2.75) is 39.3 Å². The van der Waals surface area contributed by atoms with Crippen LogP contribution in [0.25, 0.3) is 0 Å². The van der Waals surface area contributed by atoms with E-state index in [0.29, 0.717) is 12.6 Å². The summed E-state index contributed by atoms with van der Waals surface area (Å²) < 4.78 is 10.5. The maximum atomic E-state index is 9.79. The molecule has 1 rings (SSSR count). The van der Waals surface area contributed by atoms with Gasteiger partial charge in [0.2, 0.25) is 0 Å². The minimum Gasteiger partial charge on any atom is -0.493 e. The summed E-state index contributed by atoms with van der Waals surface area (Å²) in [5, 5.41) is 13.1. The van der Waals surface area contributed by atoms with Crippen molar-refractivity contribution in [3.63, 3.8) is 0 Å². The molecule has 0 aliphatic heterocycles. The van der Waals surface area contributed by atoms with Crippen LogP contribution in [0, 0.1) is 5.92 Å². The van der Waals surface area contributed by atoms with Crippen LogP contribution in [0.5, 0.6) is 11.5 Å². The minimum absolute atomic E-state index is 0.274. The Kier molecular flexibility index (Phi) is 6.82. The second-order valence-electron chi connectivity index (χ2n) is 5.51. The molecule has 114 valence electrons. The number of hydrogen-bond acceptors (Lipinski definition) is 4. The molecule has 1 aromatic carbocycles. The average Bonchev–Trinajstić information content (AvgIpc) is 2.44. The summed E-state index contributed by atoms with van der Waals surface area (Å²) >= 11 is 0. The smallest absolute Gasteiger partial charge is 0.160 e. The standard InChI is InChI=1S/C16H27NO3/c1-11(2)14(18)10-17-12(3)8-13-6-7-15(19-4)16(9-13)20-5/h6-7,9,11-12,14,17-18H,8,10H2,1-5H3. The van der Waals surface area contributed by atoms with Crippen LogP contribution >= 0.6 is 0 Å². The van der Waals surface area contributed by atoms with Crippen molar-refractivity contribution >= 4 is 0 Å². The normalized spacial score (nSPS) is 14.2. The quantitative estimate of drug-likeness (QED) is 0.767. The Morgan fingerprint density at radius 2 is 1.75 bits per heavy atom. The first kappa shape index (κ1) is 16.8. The van der Waals surface area contributed by atoms with E-state index in [9.17, 15) is 5.11 Å². The molecule has 20 heavy (non-hydrogen) atoms. The Bertz CT molecular complexity index is 407. The van der Waals surface area contributed by atoms with Crippen molar-refractivity contribution in [3.8, 4) is 11.5 Å². The lowest BCUT2D eigenvalue weighted by Crippen LogP contribution is -2.37. The lowest BCUT2D eigenvalue weighted by Gasteiger charge is -2.19. The van der Waals surface area contributed by atoms with Crippen LogP contribution < -0.4 is 14.8 Å². The number of ether oxygens (including phenoxy) is 2. The van der Waals surface area contributed by atoms with Gasteiger partial charge in [0.15, 0.2) is 11.5 Å². The largest absolute Gasteiger partial charge is 0.493 e. The third kappa shape index (κ3) is 5.02. The topological polar surface area (TPSA) is 50.7 Å². The van der Waals surface area contributed by atoms with Crippen LogP contribution in [0.1, 0.15) is 26.3 Å². The third-order valence-corrected chi connectivity index (χ3v) is 3.43. The molecule has 1 aromatic rings. The molecular weight excluding hydrogens is 254 g/mol. The van der Waals surface area contributed by atoms with E-state index in [2.05, 4.69) is 12.2 Å². The monoisotopic (exact) mass is 281 g/mol. The van der Waals surface area contributed by atoms with Crippen LogP contribution in [0.3, 0.4) is 0 Å². The van der Waals surface area contributed by atoms with E-state index in [0.717, 1.165) is 17.9 Å². The van der Waals surface area contributed by atoms with Crippen molar-refractivity contribution in [3.05, 3.63) is 23.8 Å². The zero-order valence-corrected chi connectivity index (χ0v) is 13.1. The minimum atomic E-state index is -0.303. The highest BCUT2D eigenvalue weighted by molar-refractivity contribution is 5.43. The van der Waals surface area contributed by atoms with Gasteiger partial charge in [-0.1, -0.05) is 19.9 Å². The van der Waals surface area contributed by atoms with Gasteiger partial charge in [0.1, 0.15) is 0 Å².